The van der Waals surface area contributed by atoms with Crippen LogP contribution in [0.1, 0.15) is 49.2 Å². The normalized spacial score (nSPS) is 23.7. The summed E-state index contributed by atoms with van der Waals surface area (Å²) < 4.78 is 52.1. The Bertz CT molecular complexity index is 1010. The van der Waals surface area contributed by atoms with Crippen LogP contribution in [-0.2, 0) is 31.8 Å². The van der Waals surface area contributed by atoms with E-state index in [1.54, 1.807) is 19.3 Å². The molecule has 0 bridgehead atoms. The molecule has 0 spiro atoms. The zero-order valence-electron chi connectivity index (χ0n) is 16.4. The molecule has 2 aromatic heterocycles. The number of hydrogen-bond donors (Lipinski definition) is 0. The highest BCUT2D eigenvalue weighted by molar-refractivity contribution is 7.86. The fourth-order valence-corrected chi connectivity index (χ4v) is 4.57. The van der Waals surface area contributed by atoms with Gasteiger partial charge in [0.15, 0.2) is 5.75 Å². The Kier molecular flexibility index (Phi) is 5.30. The maximum atomic E-state index is 12.9. The van der Waals surface area contributed by atoms with Crippen LogP contribution in [0.2, 0.25) is 0 Å². The lowest BCUT2D eigenvalue weighted by Crippen LogP contribution is -2.35. The summed E-state index contributed by atoms with van der Waals surface area (Å²) in [6.07, 6.45) is 6.46. The van der Waals surface area contributed by atoms with Crippen LogP contribution in [0.15, 0.2) is 38.1 Å². The number of hydrogen-bond acceptors (Lipinski definition) is 8. The quantitative estimate of drug-likeness (QED) is 0.652. The molecule has 1 aliphatic carbocycles. The second kappa shape index (κ2) is 7.62. The van der Waals surface area contributed by atoms with E-state index in [0.29, 0.717) is 12.2 Å². The first kappa shape index (κ1) is 20.2. The van der Waals surface area contributed by atoms with Crippen molar-refractivity contribution in [2.75, 3.05) is 6.26 Å². The van der Waals surface area contributed by atoms with E-state index in [4.69, 9.17) is 22.5 Å². The lowest BCUT2D eigenvalue weighted by Gasteiger charge is -2.28. The monoisotopic (exact) mass is 424 g/mol. The number of fused-ring (bicyclic) bond motifs is 1. The van der Waals surface area contributed by atoms with Crippen LogP contribution < -0.4 is 9.81 Å². The summed E-state index contributed by atoms with van der Waals surface area (Å²) in [5.41, 5.74) is -0.795. The summed E-state index contributed by atoms with van der Waals surface area (Å²) in [7, 11) is -3.88. The zero-order valence-corrected chi connectivity index (χ0v) is 17.2. The number of furan rings is 1. The Morgan fingerprint density at radius 3 is 2.48 bits per heavy atom. The van der Waals surface area contributed by atoms with Gasteiger partial charge in [0.25, 0.3) is 0 Å². The standard InChI is InChI=1S/C20H24O8S/c1-13-12-17(28-29(2,22)23)18(19(21)25-13)20(10-9-14-6-5-11-24-14)26-15-7-3-4-8-16(15)27-20/h5-6,11-12,15-16H,3-4,7-10H2,1-2H3/t15-,16-/m1/s1. The van der Waals surface area contributed by atoms with Gasteiger partial charge in [0, 0.05) is 18.9 Å². The predicted octanol–water partition coefficient (Wildman–Crippen LogP) is 3.02. The molecule has 8 nitrogen and oxygen atoms in total. The Hall–Kier alpha value is -2.10. The van der Waals surface area contributed by atoms with Crippen LogP contribution in [0.25, 0.3) is 0 Å². The largest absolute Gasteiger partial charge is 0.469 e. The first-order valence-corrected chi connectivity index (χ1v) is 11.5. The van der Waals surface area contributed by atoms with Crippen LogP contribution in [0.5, 0.6) is 5.75 Å². The Morgan fingerprint density at radius 1 is 1.21 bits per heavy atom. The van der Waals surface area contributed by atoms with Gasteiger partial charge in [-0.25, -0.2) is 4.79 Å². The lowest BCUT2D eigenvalue weighted by atomic mass is 9.95. The van der Waals surface area contributed by atoms with E-state index < -0.39 is 21.5 Å². The third kappa shape index (κ3) is 4.26. The minimum atomic E-state index is -3.88. The maximum Gasteiger partial charge on any atom is 0.348 e. The minimum absolute atomic E-state index is 0.0607. The number of aryl methyl sites for hydroxylation is 2. The van der Waals surface area contributed by atoms with Crippen molar-refractivity contribution in [1.82, 2.24) is 0 Å². The molecule has 1 aliphatic heterocycles. The SMILES string of the molecule is Cc1cc(OS(C)(=O)=O)c(C2(CCc3ccco3)O[C@@H]3CCCC[C@H]3O2)c(=O)o1. The van der Waals surface area contributed by atoms with E-state index >= 15 is 0 Å². The summed E-state index contributed by atoms with van der Waals surface area (Å²) in [5.74, 6) is -0.664. The van der Waals surface area contributed by atoms with E-state index in [1.165, 1.54) is 6.07 Å². The minimum Gasteiger partial charge on any atom is -0.469 e. The summed E-state index contributed by atoms with van der Waals surface area (Å²) >= 11 is 0. The van der Waals surface area contributed by atoms with E-state index in [9.17, 15) is 13.2 Å². The van der Waals surface area contributed by atoms with Crippen LogP contribution in [0.3, 0.4) is 0 Å². The molecule has 0 amide bonds. The van der Waals surface area contributed by atoms with Crippen LogP contribution in [-0.4, -0.2) is 26.9 Å². The molecule has 29 heavy (non-hydrogen) atoms. The van der Waals surface area contributed by atoms with Crippen molar-refractivity contribution in [3.8, 4) is 5.75 Å². The summed E-state index contributed by atoms with van der Waals surface area (Å²) in [6, 6.07) is 4.97. The van der Waals surface area contributed by atoms with E-state index in [-0.39, 0.29) is 35.7 Å². The Balaban J connectivity index is 1.80. The second-order valence-corrected chi connectivity index (χ2v) is 9.18. The lowest BCUT2D eigenvalue weighted by molar-refractivity contribution is -0.191. The van der Waals surface area contributed by atoms with Gasteiger partial charge in [-0.3, -0.25) is 0 Å². The van der Waals surface area contributed by atoms with Gasteiger partial charge in [-0.2, -0.15) is 8.42 Å². The van der Waals surface area contributed by atoms with Gasteiger partial charge >= 0.3 is 15.7 Å². The number of rotatable bonds is 6. The van der Waals surface area contributed by atoms with Gasteiger partial charge in [0.1, 0.15) is 17.1 Å². The molecule has 2 atom stereocenters. The molecule has 2 fully saturated rings. The topological polar surface area (TPSA) is 105 Å². The van der Waals surface area contributed by atoms with Crippen molar-refractivity contribution in [3.05, 3.63) is 52.0 Å². The van der Waals surface area contributed by atoms with Crippen molar-refractivity contribution >= 4 is 10.1 Å². The molecule has 0 unspecified atom stereocenters. The van der Waals surface area contributed by atoms with Gasteiger partial charge in [0.05, 0.1) is 24.7 Å². The molecule has 0 N–H and O–H groups in total. The fraction of sp³-hybridized carbons (Fsp3) is 0.550. The number of ether oxygens (including phenoxy) is 2. The molecule has 9 heteroatoms. The first-order valence-electron chi connectivity index (χ1n) is 9.68. The molecular weight excluding hydrogens is 400 g/mol. The predicted molar refractivity (Wildman–Crippen MR) is 102 cm³/mol. The molecule has 158 valence electrons. The highest BCUT2D eigenvalue weighted by atomic mass is 32.2. The van der Waals surface area contributed by atoms with Crippen LogP contribution >= 0.6 is 0 Å². The summed E-state index contributed by atoms with van der Waals surface area (Å²) in [4.78, 5) is 12.9. The smallest absolute Gasteiger partial charge is 0.348 e. The third-order valence-corrected chi connectivity index (χ3v) is 5.75. The summed E-state index contributed by atoms with van der Waals surface area (Å²) in [5, 5.41) is 0. The molecule has 3 heterocycles. The van der Waals surface area contributed by atoms with Crippen molar-refractivity contribution in [3.63, 3.8) is 0 Å². The van der Waals surface area contributed by atoms with Gasteiger partial charge < -0.3 is 22.5 Å². The highest BCUT2D eigenvalue weighted by Crippen LogP contribution is 2.47. The zero-order chi connectivity index (χ0) is 20.6. The average Bonchev–Trinajstić information content (AvgIpc) is 3.25. The van der Waals surface area contributed by atoms with Gasteiger partial charge in [0.2, 0.25) is 5.79 Å². The highest BCUT2D eigenvalue weighted by Gasteiger charge is 2.52. The van der Waals surface area contributed by atoms with E-state index in [2.05, 4.69) is 0 Å². The Labute approximate surface area is 168 Å². The van der Waals surface area contributed by atoms with Crippen molar-refractivity contribution in [2.45, 2.75) is 63.4 Å². The third-order valence-electron chi connectivity index (χ3n) is 5.27. The molecule has 0 aromatic carbocycles. The second-order valence-electron chi connectivity index (χ2n) is 7.60. The average molecular weight is 424 g/mol. The summed E-state index contributed by atoms with van der Waals surface area (Å²) in [6.45, 7) is 1.55. The maximum absolute atomic E-state index is 12.9. The van der Waals surface area contributed by atoms with Gasteiger partial charge in [-0.15, -0.1) is 0 Å². The van der Waals surface area contributed by atoms with E-state index in [1.807, 2.05) is 6.07 Å². The first-order chi connectivity index (χ1) is 13.8. The molecule has 2 aliphatic rings. The van der Waals surface area contributed by atoms with Gasteiger partial charge in [-0.1, -0.05) is 12.8 Å². The molecule has 4 rings (SSSR count). The van der Waals surface area contributed by atoms with Crippen molar-refractivity contribution in [1.29, 1.82) is 0 Å². The fourth-order valence-electron chi connectivity index (χ4n) is 4.11. The molecule has 0 radical (unpaired) electrons. The van der Waals surface area contributed by atoms with Crippen molar-refractivity contribution in [2.24, 2.45) is 0 Å². The molecular formula is C20H24O8S. The van der Waals surface area contributed by atoms with Crippen LogP contribution in [0.4, 0.5) is 0 Å². The molecule has 1 saturated heterocycles. The van der Waals surface area contributed by atoms with E-state index in [0.717, 1.165) is 31.9 Å². The molecule has 2 aromatic rings. The van der Waals surface area contributed by atoms with Gasteiger partial charge in [-0.05, 0) is 31.9 Å². The van der Waals surface area contributed by atoms with Crippen molar-refractivity contribution < 1.29 is 30.9 Å². The Morgan fingerprint density at radius 2 is 1.90 bits per heavy atom. The molecule has 1 saturated carbocycles. The van der Waals surface area contributed by atoms with Crippen LogP contribution in [0, 0.1) is 6.92 Å².